The van der Waals surface area contributed by atoms with E-state index in [1.807, 2.05) is 0 Å². The number of carbonyl (C=O) groups excluding carboxylic acids is 1. The van der Waals surface area contributed by atoms with Crippen molar-refractivity contribution in [1.82, 2.24) is 14.2 Å². The fourth-order valence-corrected chi connectivity index (χ4v) is 4.45. The number of sulfonamides is 1. The lowest BCUT2D eigenvalue weighted by atomic mass is 10.1. The molecule has 1 aromatic rings. The summed E-state index contributed by atoms with van der Waals surface area (Å²) in [4.78, 5) is 18.2. The van der Waals surface area contributed by atoms with Gasteiger partial charge in [-0.3, -0.25) is 9.78 Å². The number of amides is 1. The topological polar surface area (TPSA) is 106 Å². The van der Waals surface area contributed by atoms with Crippen LogP contribution in [0.25, 0.3) is 0 Å². The first-order valence-corrected chi connectivity index (χ1v) is 9.51. The van der Waals surface area contributed by atoms with Crippen LogP contribution in [0.15, 0.2) is 29.4 Å². The molecule has 3 heterocycles. The molecule has 3 rings (SSSR count). The Labute approximate surface area is 141 Å². The van der Waals surface area contributed by atoms with Gasteiger partial charge in [-0.2, -0.15) is 4.31 Å². The van der Waals surface area contributed by atoms with E-state index in [0.717, 1.165) is 6.42 Å². The molecular weight excluding hydrogens is 332 g/mol. The Kier molecular flexibility index (Phi) is 5.14. The highest BCUT2D eigenvalue weighted by atomic mass is 32.2. The molecular formula is C15H22N4O4S. The summed E-state index contributed by atoms with van der Waals surface area (Å²) < 4.78 is 32.1. The molecule has 2 N–H and O–H groups in total. The number of carbonyl (C=O) groups is 1. The maximum absolute atomic E-state index is 12.5. The summed E-state index contributed by atoms with van der Waals surface area (Å²) >= 11 is 0. The molecule has 9 heteroatoms. The SMILES string of the molecule is NC[C@H]1CC[C@@H](C(=O)N2CCN(S(=O)(=O)c3cccnc3)CC2)O1. The van der Waals surface area contributed by atoms with Gasteiger partial charge in [-0.25, -0.2) is 8.42 Å². The molecule has 2 aliphatic heterocycles. The van der Waals surface area contributed by atoms with E-state index in [2.05, 4.69) is 4.98 Å². The lowest BCUT2D eigenvalue weighted by molar-refractivity contribution is -0.143. The number of nitrogens with zero attached hydrogens (tertiary/aromatic N) is 3. The minimum absolute atomic E-state index is 0.0498. The number of aromatic nitrogens is 1. The summed E-state index contributed by atoms with van der Waals surface area (Å²) in [6.07, 6.45) is 3.85. The van der Waals surface area contributed by atoms with Crippen LogP contribution in [0.1, 0.15) is 12.8 Å². The van der Waals surface area contributed by atoms with Crippen molar-refractivity contribution in [2.45, 2.75) is 29.9 Å². The Balaban J connectivity index is 1.59. The quantitative estimate of drug-likeness (QED) is 0.775. The van der Waals surface area contributed by atoms with E-state index < -0.39 is 16.1 Å². The number of nitrogens with two attached hydrogens (primary N) is 1. The van der Waals surface area contributed by atoms with E-state index >= 15 is 0 Å². The highest BCUT2D eigenvalue weighted by Crippen LogP contribution is 2.22. The van der Waals surface area contributed by atoms with Gasteiger partial charge in [-0.05, 0) is 25.0 Å². The van der Waals surface area contributed by atoms with Gasteiger partial charge in [-0.15, -0.1) is 0 Å². The molecule has 24 heavy (non-hydrogen) atoms. The van der Waals surface area contributed by atoms with E-state index in [1.165, 1.54) is 22.8 Å². The number of hydrogen-bond acceptors (Lipinski definition) is 6. The first-order chi connectivity index (χ1) is 11.5. The predicted molar refractivity (Wildman–Crippen MR) is 86.5 cm³/mol. The summed E-state index contributed by atoms with van der Waals surface area (Å²) in [5.74, 6) is -0.0654. The molecule has 0 aliphatic carbocycles. The van der Waals surface area contributed by atoms with Gasteiger partial charge in [-0.1, -0.05) is 0 Å². The highest BCUT2D eigenvalue weighted by molar-refractivity contribution is 7.89. The Morgan fingerprint density at radius 2 is 2.04 bits per heavy atom. The van der Waals surface area contributed by atoms with Gasteiger partial charge in [0.05, 0.1) is 6.10 Å². The third-order valence-corrected chi connectivity index (χ3v) is 6.35. The Morgan fingerprint density at radius 3 is 2.62 bits per heavy atom. The van der Waals surface area contributed by atoms with Crippen molar-refractivity contribution in [1.29, 1.82) is 0 Å². The lowest BCUT2D eigenvalue weighted by Crippen LogP contribution is -2.52. The molecule has 0 bridgehead atoms. The third-order valence-electron chi connectivity index (χ3n) is 4.47. The average molecular weight is 354 g/mol. The van der Waals surface area contributed by atoms with Crippen LogP contribution < -0.4 is 5.73 Å². The summed E-state index contributed by atoms with van der Waals surface area (Å²) in [6.45, 7) is 1.70. The van der Waals surface area contributed by atoms with Crippen molar-refractivity contribution in [3.8, 4) is 0 Å². The number of rotatable bonds is 4. The second-order valence-corrected chi connectivity index (χ2v) is 7.92. The van der Waals surface area contributed by atoms with Gasteiger partial charge in [0.15, 0.2) is 0 Å². The molecule has 8 nitrogen and oxygen atoms in total. The second-order valence-electron chi connectivity index (χ2n) is 5.98. The lowest BCUT2D eigenvalue weighted by Gasteiger charge is -2.35. The van der Waals surface area contributed by atoms with Gasteiger partial charge in [0, 0.05) is 45.1 Å². The van der Waals surface area contributed by atoms with Crippen molar-refractivity contribution in [2.75, 3.05) is 32.7 Å². The molecule has 0 radical (unpaired) electrons. The van der Waals surface area contributed by atoms with Gasteiger partial charge >= 0.3 is 0 Å². The maximum atomic E-state index is 12.5. The fourth-order valence-electron chi connectivity index (χ4n) is 3.06. The smallest absolute Gasteiger partial charge is 0.251 e. The van der Waals surface area contributed by atoms with Crippen molar-refractivity contribution in [3.63, 3.8) is 0 Å². The van der Waals surface area contributed by atoms with Gasteiger partial charge in [0.25, 0.3) is 5.91 Å². The molecule has 0 aromatic carbocycles. The van der Waals surface area contributed by atoms with Gasteiger partial charge in [0.1, 0.15) is 11.0 Å². The summed E-state index contributed by atoms with van der Waals surface area (Å²) in [6, 6.07) is 3.12. The van der Waals surface area contributed by atoms with Crippen LogP contribution in [0.5, 0.6) is 0 Å². The minimum atomic E-state index is -3.56. The number of piperazine rings is 1. The summed E-state index contributed by atoms with van der Waals surface area (Å²) in [5.41, 5.74) is 5.57. The van der Waals surface area contributed by atoms with Crippen LogP contribution in [0.3, 0.4) is 0 Å². The van der Waals surface area contributed by atoms with Crippen molar-refractivity contribution >= 4 is 15.9 Å². The van der Waals surface area contributed by atoms with Crippen LogP contribution >= 0.6 is 0 Å². The molecule has 1 aromatic heterocycles. The van der Waals surface area contributed by atoms with Crippen LogP contribution in [-0.2, 0) is 19.6 Å². The molecule has 2 aliphatic rings. The third kappa shape index (κ3) is 3.44. The number of pyridine rings is 1. The number of hydrogen-bond donors (Lipinski definition) is 1. The Morgan fingerprint density at radius 1 is 1.29 bits per heavy atom. The van der Waals surface area contributed by atoms with E-state index in [1.54, 1.807) is 11.0 Å². The molecule has 0 unspecified atom stereocenters. The summed E-state index contributed by atoms with van der Waals surface area (Å²) in [7, 11) is -3.56. The second kappa shape index (κ2) is 7.14. The zero-order valence-electron chi connectivity index (χ0n) is 13.4. The number of ether oxygens (including phenoxy) is 1. The highest BCUT2D eigenvalue weighted by Gasteiger charge is 2.36. The molecule has 2 atom stereocenters. The molecule has 0 spiro atoms. The molecule has 0 saturated carbocycles. The van der Waals surface area contributed by atoms with E-state index in [9.17, 15) is 13.2 Å². The largest absolute Gasteiger partial charge is 0.364 e. The van der Waals surface area contributed by atoms with E-state index in [4.69, 9.17) is 10.5 Å². The Bertz CT molecular complexity index is 674. The van der Waals surface area contributed by atoms with E-state index in [0.29, 0.717) is 26.1 Å². The maximum Gasteiger partial charge on any atom is 0.251 e. The van der Waals surface area contributed by atoms with E-state index in [-0.39, 0.29) is 30.0 Å². The fraction of sp³-hybridized carbons (Fsp3) is 0.600. The normalized spacial score (nSPS) is 25.8. The van der Waals surface area contributed by atoms with Gasteiger partial charge < -0.3 is 15.4 Å². The van der Waals surface area contributed by atoms with Crippen LogP contribution in [0.4, 0.5) is 0 Å². The van der Waals surface area contributed by atoms with Gasteiger partial charge in [0.2, 0.25) is 10.0 Å². The van der Waals surface area contributed by atoms with Crippen molar-refractivity contribution in [2.24, 2.45) is 5.73 Å². The standard InChI is InChI=1S/C15H22N4O4S/c16-10-12-3-4-14(23-12)15(20)18-6-8-19(9-7-18)24(21,22)13-2-1-5-17-11-13/h1-2,5,11-12,14H,3-4,6-10,16H2/t12-,14+/m1/s1. The molecule has 2 saturated heterocycles. The monoisotopic (exact) mass is 354 g/mol. The van der Waals surface area contributed by atoms with Crippen LogP contribution in [0.2, 0.25) is 0 Å². The molecule has 132 valence electrons. The first kappa shape index (κ1) is 17.3. The predicted octanol–water partition coefficient (Wildman–Crippen LogP) is -0.579. The minimum Gasteiger partial charge on any atom is -0.364 e. The van der Waals surface area contributed by atoms with Crippen molar-refractivity contribution in [3.05, 3.63) is 24.5 Å². The Hall–Kier alpha value is -1.55. The first-order valence-electron chi connectivity index (χ1n) is 8.07. The van der Waals surface area contributed by atoms with Crippen LogP contribution in [-0.4, -0.2) is 73.4 Å². The van der Waals surface area contributed by atoms with Crippen molar-refractivity contribution < 1.29 is 17.9 Å². The molecule has 1 amide bonds. The zero-order chi connectivity index (χ0) is 17.2. The summed E-state index contributed by atoms with van der Waals surface area (Å²) in [5, 5.41) is 0. The molecule has 2 fully saturated rings. The zero-order valence-corrected chi connectivity index (χ0v) is 14.2. The van der Waals surface area contributed by atoms with Crippen LogP contribution in [0, 0.1) is 0 Å². The average Bonchev–Trinajstić information content (AvgIpc) is 3.11.